The highest BCUT2D eigenvalue weighted by atomic mass is 16.5. The number of hydrogen-bond donors (Lipinski definition) is 1. The molecule has 0 bridgehead atoms. The molecule has 0 amide bonds. The highest BCUT2D eigenvalue weighted by Crippen LogP contribution is 2.20. The number of nitrogens with zero attached hydrogens (tertiary/aromatic N) is 1. The topological polar surface area (TPSA) is 55.6 Å². The Balaban J connectivity index is 1.92. The Morgan fingerprint density at radius 3 is 2.75 bits per heavy atom. The van der Waals surface area contributed by atoms with Crippen LogP contribution in [0.4, 0.5) is 0 Å². The van der Waals surface area contributed by atoms with E-state index in [9.17, 15) is 4.79 Å². The van der Waals surface area contributed by atoms with Gasteiger partial charge in [-0.2, -0.15) is 0 Å². The van der Waals surface area contributed by atoms with Crippen molar-refractivity contribution >= 4 is 5.78 Å². The van der Waals surface area contributed by atoms with Crippen LogP contribution in [-0.4, -0.2) is 43.5 Å². The molecular formula is C16H24N2O2. The van der Waals surface area contributed by atoms with Crippen LogP contribution in [0, 0.1) is 6.92 Å². The fourth-order valence-corrected chi connectivity index (χ4v) is 2.67. The van der Waals surface area contributed by atoms with E-state index in [1.807, 2.05) is 25.1 Å². The van der Waals surface area contributed by atoms with Gasteiger partial charge in [0.25, 0.3) is 0 Å². The first-order valence-corrected chi connectivity index (χ1v) is 7.21. The number of nitrogens with two attached hydrogens (primary N) is 1. The number of Topliss-reactive ketones (excluding diaryl/α,β-unsaturated/α-hetero) is 1. The second-order valence-corrected chi connectivity index (χ2v) is 5.64. The first kappa shape index (κ1) is 15.0. The maximum absolute atomic E-state index is 12.2. The van der Waals surface area contributed by atoms with Crippen molar-refractivity contribution < 1.29 is 9.53 Å². The summed E-state index contributed by atoms with van der Waals surface area (Å²) in [7, 11) is 1.64. The fourth-order valence-electron chi connectivity index (χ4n) is 2.67. The van der Waals surface area contributed by atoms with Crippen molar-refractivity contribution in [3.63, 3.8) is 0 Å². The normalized spacial score (nSPS) is 17.1. The van der Waals surface area contributed by atoms with Gasteiger partial charge in [0.05, 0.1) is 13.7 Å². The molecule has 0 radical (unpaired) electrons. The highest BCUT2D eigenvalue weighted by Gasteiger charge is 2.19. The SMILES string of the molecule is COc1ccc(C)cc1CC(=O)CN1CCC(N)CC1. The van der Waals surface area contributed by atoms with E-state index in [0.717, 1.165) is 42.8 Å². The lowest BCUT2D eigenvalue weighted by atomic mass is 10.0. The molecule has 4 nitrogen and oxygen atoms in total. The minimum absolute atomic E-state index is 0.240. The summed E-state index contributed by atoms with van der Waals surface area (Å²) in [5.41, 5.74) is 8.01. The molecule has 0 unspecified atom stereocenters. The van der Waals surface area contributed by atoms with Gasteiger partial charge in [-0.1, -0.05) is 17.7 Å². The summed E-state index contributed by atoms with van der Waals surface area (Å²) >= 11 is 0. The van der Waals surface area contributed by atoms with Gasteiger partial charge in [0.2, 0.25) is 0 Å². The van der Waals surface area contributed by atoms with Crippen LogP contribution in [0.15, 0.2) is 18.2 Å². The second kappa shape index (κ2) is 6.86. The second-order valence-electron chi connectivity index (χ2n) is 5.64. The summed E-state index contributed by atoms with van der Waals surface area (Å²) in [6.45, 7) is 4.40. The molecule has 1 aliphatic heterocycles. The molecule has 1 aliphatic rings. The average Bonchev–Trinajstić information content (AvgIpc) is 2.41. The first-order valence-electron chi connectivity index (χ1n) is 7.21. The molecule has 0 aromatic heterocycles. The largest absolute Gasteiger partial charge is 0.496 e. The number of carbonyl (C=O) groups excluding carboxylic acids is 1. The zero-order valence-electron chi connectivity index (χ0n) is 12.4. The van der Waals surface area contributed by atoms with Gasteiger partial charge in [-0.05, 0) is 25.8 Å². The van der Waals surface area contributed by atoms with E-state index < -0.39 is 0 Å². The molecule has 1 saturated heterocycles. The Labute approximate surface area is 120 Å². The van der Waals surface area contributed by atoms with Gasteiger partial charge in [-0.15, -0.1) is 0 Å². The minimum Gasteiger partial charge on any atom is -0.496 e. The summed E-state index contributed by atoms with van der Waals surface area (Å²) in [5, 5.41) is 0. The summed E-state index contributed by atoms with van der Waals surface area (Å²) in [6, 6.07) is 6.26. The van der Waals surface area contributed by atoms with Crippen LogP contribution < -0.4 is 10.5 Å². The Hall–Kier alpha value is -1.39. The van der Waals surface area contributed by atoms with E-state index in [4.69, 9.17) is 10.5 Å². The number of rotatable bonds is 5. The minimum atomic E-state index is 0.240. The Morgan fingerprint density at radius 1 is 1.40 bits per heavy atom. The van der Waals surface area contributed by atoms with Gasteiger partial charge in [-0.3, -0.25) is 9.69 Å². The third-order valence-electron chi connectivity index (χ3n) is 3.86. The van der Waals surface area contributed by atoms with Gasteiger partial charge in [0.1, 0.15) is 5.75 Å². The maximum atomic E-state index is 12.2. The van der Waals surface area contributed by atoms with Crippen molar-refractivity contribution in [2.45, 2.75) is 32.2 Å². The number of hydrogen-bond acceptors (Lipinski definition) is 4. The molecule has 1 heterocycles. The van der Waals surface area contributed by atoms with E-state index in [1.165, 1.54) is 0 Å². The number of aryl methyl sites for hydroxylation is 1. The Morgan fingerprint density at radius 2 is 2.10 bits per heavy atom. The molecule has 2 rings (SSSR count). The molecule has 0 aliphatic carbocycles. The van der Waals surface area contributed by atoms with Crippen LogP contribution in [0.3, 0.4) is 0 Å². The highest BCUT2D eigenvalue weighted by molar-refractivity contribution is 5.83. The number of carbonyl (C=O) groups is 1. The summed E-state index contributed by atoms with van der Waals surface area (Å²) < 4.78 is 5.32. The van der Waals surface area contributed by atoms with Crippen molar-refractivity contribution in [3.05, 3.63) is 29.3 Å². The Kier molecular flexibility index (Phi) is 5.15. The summed E-state index contributed by atoms with van der Waals surface area (Å²) in [6.07, 6.45) is 2.41. The van der Waals surface area contributed by atoms with Crippen molar-refractivity contribution in [1.82, 2.24) is 4.90 Å². The number of benzene rings is 1. The van der Waals surface area contributed by atoms with Crippen LogP contribution in [0.2, 0.25) is 0 Å². The van der Waals surface area contributed by atoms with Crippen LogP contribution in [0.5, 0.6) is 5.75 Å². The average molecular weight is 276 g/mol. The van der Waals surface area contributed by atoms with E-state index in [0.29, 0.717) is 19.0 Å². The summed E-state index contributed by atoms with van der Waals surface area (Å²) in [4.78, 5) is 14.4. The van der Waals surface area contributed by atoms with Gasteiger partial charge in [0.15, 0.2) is 5.78 Å². The lowest BCUT2D eigenvalue weighted by Gasteiger charge is -2.29. The van der Waals surface area contributed by atoms with Crippen LogP contribution in [0.1, 0.15) is 24.0 Å². The summed E-state index contributed by atoms with van der Waals surface area (Å²) in [5.74, 6) is 1.04. The standard InChI is InChI=1S/C16H24N2O2/c1-12-3-4-16(20-2)13(9-12)10-15(19)11-18-7-5-14(17)6-8-18/h3-4,9,14H,5-8,10-11,17H2,1-2H3. The Bertz CT molecular complexity index is 466. The lowest BCUT2D eigenvalue weighted by molar-refractivity contribution is -0.119. The van der Waals surface area contributed by atoms with Crippen molar-refractivity contribution in [2.75, 3.05) is 26.7 Å². The molecule has 110 valence electrons. The molecule has 0 saturated carbocycles. The van der Waals surface area contributed by atoms with Crippen LogP contribution in [-0.2, 0) is 11.2 Å². The monoisotopic (exact) mass is 276 g/mol. The molecule has 1 aromatic carbocycles. The van der Waals surface area contributed by atoms with Crippen LogP contribution >= 0.6 is 0 Å². The number of likely N-dealkylation sites (tertiary alicyclic amines) is 1. The van der Waals surface area contributed by atoms with Gasteiger partial charge in [0, 0.05) is 31.1 Å². The van der Waals surface area contributed by atoms with Crippen molar-refractivity contribution in [1.29, 1.82) is 0 Å². The molecule has 1 fully saturated rings. The molecular weight excluding hydrogens is 252 g/mol. The molecule has 4 heteroatoms. The third-order valence-corrected chi connectivity index (χ3v) is 3.86. The zero-order chi connectivity index (χ0) is 14.5. The van der Waals surface area contributed by atoms with E-state index in [-0.39, 0.29) is 5.78 Å². The van der Waals surface area contributed by atoms with E-state index in [2.05, 4.69) is 4.90 Å². The number of ether oxygens (including phenoxy) is 1. The molecule has 0 spiro atoms. The lowest BCUT2D eigenvalue weighted by Crippen LogP contribution is -2.42. The number of ketones is 1. The van der Waals surface area contributed by atoms with Gasteiger partial charge < -0.3 is 10.5 Å². The van der Waals surface area contributed by atoms with E-state index >= 15 is 0 Å². The predicted molar refractivity (Wildman–Crippen MR) is 80.1 cm³/mol. The van der Waals surface area contributed by atoms with Crippen LogP contribution in [0.25, 0.3) is 0 Å². The predicted octanol–water partition coefficient (Wildman–Crippen LogP) is 1.54. The molecule has 2 N–H and O–H groups in total. The maximum Gasteiger partial charge on any atom is 0.151 e. The number of methoxy groups -OCH3 is 1. The van der Waals surface area contributed by atoms with Crippen molar-refractivity contribution in [3.8, 4) is 5.75 Å². The molecule has 20 heavy (non-hydrogen) atoms. The third kappa shape index (κ3) is 4.05. The first-order chi connectivity index (χ1) is 9.58. The van der Waals surface area contributed by atoms with E-state index in [1.54, 1.807) is 7.11 Å². The fraction of sp³-hybridized carbons (Fsp3) is 0.562. The van der Waals surface area contributed by atoms with Gasteiger partial charge >= 0.3 is 0 Å². The smallest absolute Gasteiger partial charge is 0.151 e. The zero-order valence-corrected chi connectivity index (χ0v) is 12.4. The molecule has 0 atom stereocenters. The van der Waals surface area contributed by atoms with Crippen molar-refractivity contribution in [2.24, 2.45) is 5.73 Å². The van der Waals surface area contributed by atoms with Gasteiger partial charge in [-0.25, -0.2) is 0 Å². The molecule has 1 aromatic rings. The number of piperidine rings is 1. The quantitative estimate of drug-likeness (QED) is 0.886.